The molecular formula is C14H14N2O2. The molecule has 0 unspecified atom stereocenters. The van der Waals surface area contributed by atoms with E-state index >= 15 is 0 Å². The van der Waals surface area contributed by atoms with Crippen LogP contribution in [0.25, 0.3) is 11.3 Å². The minimum absolute atomic E-state index is 0.255. The largest absolute Gasteiger partial charge is 0.478 e. The highest BCUT2D eigenvalue weighted by atomic mass is 16.4. The molecule has 4 heteroatoms. The molecule has 1 fully saturated rings. The van der Waals surface area contributed by atoms with E-state index in [0.29, 0.717) is 11.6 Å². The quantitative estimate of drug-likeness (QED) is 0.900. The van der Waals surface area contributed by atoms with Crippen molar-refractivity contribution >= 4 is 5.97 Å². The zero-order valence-corrected chi connectivity index (χ0v) is 10.1. The fraction of sp³-hybridized carbons (Fsp3) is 0.286. The van der Waals surface area contributed by atoms with Crippen LogP contribution in [-0.4, -0.2) is 20.9 Å². The summed E-state index contributed by atoms with van der Waals surface area (Å²) in [7, 11) is 1.77. The number of hydrogen-bond acceptors (Lipinski definition) is 2. The maximum absolute atomic E-state index is 11.2. The lowest BCUT2D eigenvalue weighted by Gasteiger charge is -2.06. The van der Waals surface area contributed by atoms with Gasteiger partial charge in [0.25, 0.3) is 0 Å². The van der Waals surface area contributed by atoms with E-state index in [0.717, 1.165) is 5.56 Å². The van der Waals surface area contributed by atoms with Crippen LogP contribution in [0.1, 0.15) is 34.7 Å². The summed E-state index contributed by atoms with van der Waals surface area (Å²) in [5.74, 6) is -0.276. The van der Waals surface area contributed by atoms with Crippen LogP contribution in [0.5, 0.6) is 0 Å². The van der Waals surface area contributed by atoms with E-state index in [2.05, 4.69) is 17.2 Å². The smallest absolute Gasteiger partial charge is 0.339 e. The zero-order chi connectivity index (χ0) is 12.7. The summed E-state index contributed by atoms with van der Waals surface area (Å²) in [6, 6.07) is 8.12. The maximum Gasteiger partial charge on any atom is 0.339 e. The van der Waals surface area contributed by atoms with Gasteiger partial charge in [-0.25, -0.2) is 4.79 Å². The van der Waals surface area contributed by atoms with Crippen LogP contribution >= 0.6 is 0 Å². The first-order valence-electron chi connectivity index (χ1n) is 6.02. The molecule has 3 rings (SSSR count). The third kappa shape index (κ3) is 1.79. The molecule has 1 N–H and O–H groups in total. The van der Waals surface area contributed by atoms with Gasteiger partial charge >= 0.3 is 5.97 Å². The monoisotopic (exact) mass is 242 g/mol. The molecule has 1 saturated carbocycles. The maximum atomic E-state index is 11.2. The lowest BCUT2D eigenvalue weighted by molar-refractivity contribution is 0.0697. The Morgan fingerprint density at radius 1 is 1.44 bits per heavy atom. The van der Waals surface area contributed by atoms with Crippen LogP contribution in [0.15, 0.2) is 30.5 Å². The first-order valence-corrected chi connectivity index (χ1v) is 6.02. The number of rotatable bonds is 3. The van der Waals surface area contributed by atoms with Crippen LogP contribution in [0.3, 0.4) is 0 Å². The average Bonchev–Trinajstić information content (AvgIpc) is 3.12. The molecule has 0 bridgehead atoms. The Morgan fingerprint density at radius 3 is 2.89 bits per heavy atom. The number of carbonyl (C=O) groups is 1. The summed E-state index contributed by atoms with van der Waals surface area (Å²) in [6.45, 7) is 0. The highest BCUT2D eigenvalue weighted by molar-refractivity contribution is 5.94. The Kier molecular flexibility index (Phi) is 2.44. The van der Waals surface area contributed by atoms with Crippen LogP contribution in [0.4, 0.5) is 0 Å². The minimum atomic E-state index is -0.935. The molecule has 92 valence electrons. The van der Waals surface area contributed by atoms with Crippen molar-refractivity contribution in [3.8, 4) is 11.3 Å². The van der Waals surface area contributed by atoms with Gasteiger partial charge in [-0.15, -0.1) is 0 Å². The molecule has 1 heterocycles. The zero-order valence-electron chi connectivity index (χ0n) is 10.1. The van der Waals surface area contributed by atoms with Crippen molar-refractivity contribution in [3.05, 3.63) is 41.6 Å². The number of carboxylic acids is 1. The van der Waals surface area contributed by atoms with E-state index in [-0.39, 0.29) is 5.56 Å². The third-order valence-electron chi connectivity index (χ3n) is 3.38. The average molecular weight is 242 g/mol. The van der Waals surface area contributed by atoms with Crippen molar-refractivity contribution in [3.63, 3.8) is 0 Å². The summed E-state index contributed by atoms with van der Waals surface area (Å²) >= 11 is 0. The summed E-state index contributed by atoms with van der Waals surface area (Å²) in [4.78, 5) is 11.2. The van der Waals surface area contributed by atoms with Gasteiger partial charge in [-0.05, 0) is 30.4 Å². The van der Waals surface area contributed by atoms with Gasteiger partial charge in [0, 0.05) is 12.6 Å². The van der Waals surface area contributed by atoms with Crippen molar-refractivity contribution in [2.75, 3.05) is 0 Å². The van der Waals surface area contributed by atoms with Gasteiger partial charge in [-0.3, -0.25) is 4.68 Å². The van der Waals surface area contributed by atoms with Gasteiger partial charge in [0.2, 0.25) is 0 Å². The second-order valence-electron chi connectivity index (χ2n) is 4.74. The molecule has 1 aromatic heterocycles. The van der Waals surface area contributed by atoms with Gasteiger partial charge in [0.1, 0.15) is 5.56 Å². The summed E-state index contributed by atoms with van der Waals surface area (Å²) in [5.41, 5.74) is 3.15. The first-order chi connectivity index (χ1) is 8.66. The van der Waals surface area contributed by atoms with Crippen molar-refractivity contribution in [2.24, 2.45) is 7.05 Å². The highest BCUT2D eigenvalue weighted by Crippen LogP contribution is 2.41. The molecule has 0 radical (unpaired) electrons. The lowest BCUT2D eigenvalue weighted by Crippen LogP contribution is -2.00. The summed E-state index contributed by atoms with van der Waals surface area (Å²) < 4.78 is 1.62. The molecular weight excluding hydrogens is 228 g/mol. The van der Waals surface area contributed by atoms with E-state index < -0.39 is 5.97 Å². The van der Waals surface area contributed by atoms with Crippen molar-refractivity contribution in [1.29, 1.82) is 0 Å². The molecule has 1 aliphatic carbocycles. The van der Waals surface area contributed by atoms with Crippen LogP contribution in [0.2, 0.25) is 0 Å². The number of aromatic carboxylic acids is 1. The summed E-state index contributed by atoms with van der Waals surface area (Å²) in [6.07, 6.45) is 3.88. The second-order valence-corrected chi connectivity index (χ2v) is 4.74. The standard InChI is InChI=1S/C14H14N2O2/c1-16-13(12(8-15-16)14(17)18)11-4-2-3-10(7-11)9-5-6-9/h2-4,7-9H,5-6H2,1H3,(H,17,18). The number of carboxylic acid groups (broad SMARTS) is 1. The predicted octanol–water partition coefficient (Wildman–Crippen LogP) is 2.66. The molecule has 18 heavy (non-hydrogen) atoms. The second kappa shape index (κ2) is 3.98. The molecule has 0 aliphatic heterocycles. The Balaban J connectivity index is 2.11. The lowest BCUT2D eigenvalue weighted by atomic mass is 10.0. The van der Waals surface area contributed by atoms with E-state index in [4.69, 9.17) is 0 Å². The van der Waals surface area contributed by atoms with Crippen LogP contribution < -0.4 is 0 Å². The fourth-order valence-corrected chi connectivity index (χ4v) is 2.29. The number of aromatic nitrogens is 2. The van der Waals surface area contributed by atoms with Crippen LogP contribution in [-0.2, 0) is 7.05 Å². The van der Waals surface area contributed by atoms with Crippen molar-refractivity contribution < 1.29 is 9.90 Å². The third-order valence-corrected chi connectivity index (χ3v) is 3.38. The highest BCUT2D eigenvalue weighted by Gasteiger charge is 2.24. The van der Waals surface area contributed by atoms with Gasteiger partial charge < -0.3 is 5.11 Å². The number of benzene rings is 1. The Labute approximate surface area is 105 Å². The topological polar surface area (TPSA) is 55.1 Å². The SMILES string of the molecule is Cn1ncc(C(=O)O)c1-c1cccc(C2CC2)c1. The molecule has 0 amide bonds. The predicted molar refractivity (Wildman–Crippen MR) is 67.6 cm³/mol. The van der Waals surface area contributed by atoms with Crippen molar-refractivity contribution in [2.45, 2.75) is 18.8 Å². The molecule has 1 aliphatic rings. The van der Waals surface area contributed by atoms with E-state index in [1.54, 1.807) is 11.7 Å². The van der Waals surface area contributed by atoms with Crippen LogP contribution in [0, 0.1) is 0 Å². The van der Waals surface area contributed by atoms with Gasteiger partial charge in [0.05, 0.1) is 11.9 Å². The Morgan fingerprint density at radius 2 is 2.22 bits per heavy atom. The minimum Gasteiger partial charge on any atom is -0.478 e. The number of hydrogen-bond donors (Lipinski definition) is 1. The number of nitrogens with zero attached hydrogens (tertiary/aromatic N) is 2. The van der Waals surface area contributed by atoms with Crippen molar-refractivity contribution in [1.82, 2.24) is 9.78 Å². The van der Waals surface area contributed by atoms with E-state index in [9.17, 15) is 9.90 Å². The van der Waals surface area contributed by atoms with Gasteiger partial charge in [-0.2, -0.15) is 5.10 Å². The van der Waals surface area contributed by atoms with Gasteiger partial charge in [-0.1, -0.05) is 18.2 Å². The normalized spacial score (nSPS) is 14.7. The van der Waals surface area contributed by atoms with E-state index in [1.165, 1.54) is 24.6 Å². The molecule has 2 aromatic rings. The molecule has 4 nitrogen and oxygen atoms in total. The molecule has 0 spiro atoms. The molecule has 0 saturated heterocycles. The Hall–Kier alpha value is -2.10. The van der Waals surface area contributed by atoms with E-state index in [1.807, 2.05) is 12.1 Å². The molecule has 0 atom stereocenters. The fourth-order valence-electron chi connectivity index (χ4n) is 2.29. The summed E-state index contributed by atoms with van der Waals surface area (Å²) in [5, 5.41) is 13.2. The number of aryl methyl sites for hydroxylation is 1. The first kappa shape index (κ1) is 11.0. The van der Waals surface area contributed by atoms with Gasteiger partial charge in [0.15, 0.2) is 0 Å². The molecule has 1 aromatic carbocycles. The Bertz CT molecular complexity index is 612.